The van der Waals surface area contributed by atoms with Crippen molar-refractivity contribution in [3.8, 4) is 0 Å². The molecule has 2 fully saturated rings. The van der Waals surface area contributed by atoms with Crippen molar-refractivity contribution < 1.29 is 14.4 Å². The SMILES string of the molecule is O=C(NC(CN1CCCC1=O)c1ccccc1)C1CC(=O)N(c2ccccc2)C1. The van der Waals surface area contributed by atoms with E-state index >= 15 is 0 Å². The molecule has 1 N–H and O–H groups in total. The number of carbonyl (C=O) groups is 3. The third-order valence-electron chi connectivity index (χ3n) is 5.66. The Bertz CT molecular complexity index is 885. The average molecular weight is 391 g/mol. The lowest BCUT2D eigenvalue weighted by molar-refractivity contribution is -0.130. The predicted molar refractivity (Wildman–Crippen MR) is 110 cm³/mol. The smallest absolute Gasteiger partial charge is 0.227 e. The molecule has 0 radical (unpaired) electrons. The number of likely N-dealkylation sites (tertiary alicyclic amines) is 1. The molecule has 2 aromatic rings. The zero-order chi connectivity index (χ0) is 20.2. The van der Waals surface area contributed by atoms with Crippen LogP contribution in [-0.4, -0.2) is 42.3 Å². The number of nitrogens with zero attached hydrogens (tertiary/aromatic N) is 2. The Morgan fingerprint density at radius 3 is 2.34 bits per heavy atom. The van der Waals surface area contributed by atoms with Crippen LogP contribution < -0.4 is 10.2 Å². The van der Waals surface area contributed by atoms with Gasteiger partial charge >= 0.3 is 0 Å². The number of rotatable bonds is 6. The molecule has 2 saturated heterocycles. The molecular weight excluding hydrogens is 366 g/mol. The van der Waals surface area contributed by atoms with Crippen molar-refractivity contribution >= 4 is 23.4 Å². The van der Waals surface area contributed by atoms with Gasteiger partial charge in [0.15, 0.2) is 0 Å². The third-order valence-corrected chi connectivity index (χ3v) is 5.66. The normalized spacial score (nSPS) is 20.2. The highest BCUT2D eigenvalue weighted by atomic mass is 16.2. The van der Waals surface area contributed by atoms with Gasteiger partial charge in [-0.15, -0.1) is 0 Å². The zero-order valence-corrected chi connectivity index (χ0v) is 16.3. The van der Waals surface area contributed by atoms with Gasteiger partial charge in [0.05, 0.1) is 12.0 Å². The van der Waals surface area contributed by atoms with Crippen molar-refractivity contribution in [2.24, 2.45) is 5.92 Å². The van der Waals surface area contributed by atoms with E-state index in [1.807, 2.05) is 65.6 Å². The van der Waals surface area contributed by atoms with Gasteiger partial charge in [0, 0.05) is 38.2 Å². The van der Waals surface area contributed by atoms with E-state index in [2.05, 4.69) is 5.32 Å². The third kappa shape index (κ3) is 4.31. The highest BCUT2D eigenvalue weighted by Gasteiger charge is 2.36. The molecular formula is C23H25N3O3. The van der Waals surface area contributed by atoms with Gasteiger partial charge in [0.1, 0.15) is 0 Å². The van der Waals surface area contributed by atoms with Gasteiger partial charge in [-0.2, -0.15) is 0 Å². The van der Waals surface area contributed by atoms with Gasteiger partial charge in [-0.25, -0.2) is 0 Å². The van der Waals surface area contributed by atoms with E-state index in [-0.39, 0.29) is 30.2 Å². The van der Waals surface area contributed by atoms with Crippen LogP contribution in [0.15, 0.2) is 60.7 Å². The molecule has 6 heteroatoms. The van der Waals surface area contributed by atoms with Gasteiger partial charge in [-0.1, -0.05) is 48.5 Å². The quantitative estimate of drug-likeness (QED) is 0.823. The van der Waals surface area contributed by atoms with E-state index in [1.165, 1.54) is 0 Å². The van der Waals surface area contributed by atoms with Crippen LogP contribution in [0.3, 0.4) is 0 Å². The fourth-order valence-electron chi connectivity index (χ4n) is 4.07. The van der Waals surface area contributed by atoms with Gasteiger partial charge in [0.2, 0.25) is 17.7 Å². The maximum Gasteiger partial charge on any atom is 0.227 e. The second-order valence-corrected chi connectivity index (χ2v) is 7.66. The van der Waals surface area contributed by atoms with Crippen molar-refractivity contribution in [2.75, 3.05) is 24.5 Å². The summed E-state index contributed by atoms with van der Waals surface area (Å²) in [4.78, 5) is 41.0. The largest absolute Gasteiger partial charge is 0.347 e. The van der Waals surface area contributed by atoms with E-state index in [4.69, 9.17) is 0 Å². The monoisotopic (exact) mass is 391 g/mol. The lowest BCUT2D eigenvalue weighted by Gasteiger charge is -2.26. The summed E-state index contributed by atoms with van der Waals surface area (Å²) in [5.74, 6) is -0.450. The number of amides is 3. The molecule has 0 saturated carbocycles. The highest BCUT2D eigenvalue weighted by Crippen LogP contribution is 2.26. The standard InChI is InChI=1S/C23H25N3O3/c27-21-12-7-13-25(21)16-20(17-8-3-1-4-9-17)24-23(29)18-14-22(28)26(15-18)19-10-5-2-6-11-19/h1-6,8-11,18,20H,7,12-16H2,(H,24,29). The van der Waals surface area contributed by atoms with Crippen molar-refractivity contribution in [1.29, 1.82) is 0 Å². The van der Waals surface area contributed by atoms with E-state index in [0.29, 0.717) is 19.5 Å². The lowest BCUT2D eigenvalue weighted by atomic mass is 10.0. The zero-order valence-electron chi connectivity index (χ0n) is 16.3. The first-order valence-corrected chi connectivity index (χ1v) is 10.1. The maximum atomic E-state index is 13.0. The average Bonchev–Trinajstić information content (AvgIpc) is 3.34. The van der Waals surface area contributed by atoms with Crippen molar-refractivity contribution in [2.45, 2.75) is 25.3 Å². The molecule has 6 nitrogen and oxygen atoms in total. The molecule has 29 heavy (non-hydrogen) atoms. The Hall–Kier alpha value is -3.15. The van der Waals surface area contributed by atoms with Crippen LogP contribution in [0, 0.1) is 5.92 Å². The summed E-state index contributed by atoms with van der Waals surface area (Å²) in [6, 6.07) is 18.8. The molecule has 0 aliphatic carbocycles. The lowest BCUT2D eigenvalue weighted by Crippen LogP contribution is -2.41. The molecule has 2 aromatic carbocycles. The van der Waals surface area contributed by atoms with Gasteiger partial charge in [0.25, 0.3) is 0 Å². The number of anilines is 1. The maximum absolute atomic E-state index is 13.0. The molecule has 4 rings (SSSR count). The number of benzene rings is 2. The molecule has 2 unspecified atom stereocenters. The van der Waals surface area contributed by atoms with Crippen LogP contribution in [0.4, 0.5) is 5.69 Å². The summed E-state index contributed by atoms with van der Waals surface area (Å²) in [6.07, 6.45) is 1.63. The number of hydrogen-bond donors (Lipinski definition) is 1. The van der Waals surface area contributed by atoms with Crippen LogP contribution in [0.5, 0.6) is 0 Å². The Labute approximate surface area is 170 Å². The Morgan fingerprint density at radius 1 is 1.00 bits per heavy atom. The molecule has 0 aromatic heterocycles. The highest BCUT2D eigenvalue weighted by molar-refractivity contribution is 6.00. The summed E-state index contributed by atoms with van der Waals surface area (Å²) >= 11 is 0. The summed E-state index contributed by atoms with van der Waals surface area (Å²) in [6.45, 7) is 1.55. The van der Waals surface area contributed by atoms with Crippen molar-refractivity contribution in [3.63, 3.8) is 0 Å². The van der Waals surface area contributed by atoms with Crippen LogP contribution in [-0.2, 0) is 14.4 Å². The fourth-order valence-corrected chi connectivity index (χ4v) is 4.07. The van der Waals surface area contributed by atoms with E-state index in [1.54, 1.807) is 4.90 Å². The molecule has 0 spiro atoms. The first-order chi connectivity index (χ1) is 14.1. The minimum Gasteiger partial charge on any atom is -0.347 e. The van der Waals surface area contributed by atoms with Crippen LogP contribution in [0.2, 0.25) is 0 Å². The second-order valence-electron chi connectivity index (χ2n) is 7.66. The predicted octanol–water partition coefficient (Wildman–Crippen LogP) is 2.52. The van der Waals surface area contributed by atoms with Gasteiger partial charge in [-0.3, -0.25) is 14.4 Å². The Morgan fingerprint density at radius 2 is 1.69 bits per heavy atom. The molecule has 2 atom stereocenters. The van der Waals surface area contributed by atoms with Crippen LogP contribution in [0.1, 0.15) is 30.9 Å². The molecule has 150 valence electrons. The molecule has 2 aliphatic heterocycles. The molecule has 0 bridgehead atoms. The number of hydrogen-bond acceptors (Lipinski definition) is 3. The van der Waals surface area contributed by atoms with Crippen molar-refractivity contribution in [1.82, 2.24) is 10.2 Å². The second kappa shape index (κ2) is 8.47. The molecule has 2 aliphatic rings. The number of para-hydroxylation sites is 1. The molecule has 2 heterocycles. The Balaban J connectivity index is 1.46. The van der Waals surface area contributed by atoms with Crippen LogP contribution >= 0.6 is 0 Å². The fraction of sp³-hybridized carbons (Fsp3) is 0.348. The van der Waals surface area contributed by atoms with E-state index < -0.39 is 5.92 Å². The minimum atomic E-state index is -0.400. The number of nitrogens with one attached hydrogen (secondary N) is 1. The summed E-state index contributed by atoms with van der Waals surface area (Å²) < 4.78 is 0. The Kier molecular flexibility index (Phi) is 5.60. The number of carbonyl (C=O) groups excluding carboxylic acids is 3. The van der Waals surface area contributed by atoms with Crippen molar-refractivity contribution in [3.05, 3.63) is 66.2 Å². The molecule has 3 amide bonds. The first kappa shape index (κ1) is 19.2. The van der Waals surface area contributed by atoms with Gasteiger partial charge in [-0.05, 0) is 24.1 Å². The van der Waals surface area contributed by atoms with Gasteiger partial charge < -0.3 is 15.1 Å². The minimum absolute atomic E-state index is 0.0395. The summed E-state index contributed by atoms with van der Waals surface area (Å²) in [7, 11) is 0. The van der Waals surface area contributed by atoms with E-state index in [0.717, 1.165) is 24.2 Å². The van der Waals surface area contributed by atoms with E-state index in [9.17, 15) is 14.4 Å². The summed E-state index contributed by atoms with van der Waals surface area (Å²) in [5, 5.41) is 3.10. The first-order valence-electron chi connectivity index (χ1n) is 10.1. The van der Waals surface area contributed by atoms with Crippen LogP contribution in [0.25, 0.3) is 0 Å². The summed E-state index contributed by atoms with van der Waals surface area (Å²) in [5.41, 5.74) is 1.78. The topological polar surface area (TPSA) is 69.7 Å².